The number of carbonyl (C=O) groups excluding carboxylic acids is 1. The Kier molecular flexibility index (Phi) is 5.11. The molecule has 0 atom stereocenters. The number of rotatable bonds is 4. The van der Waals surface area contributed by atoms with Gasteiger partial charge in [0.15, 0.2) is 0 Å². The fourth-order valence-electron chi connectivity index (χ4n) is 2.50. The normalized spacial score (nSPS) is 12.2. The van der Waals surface area contributed by atoms with Gasteiger partial charge in [-0.05, 0) is 44.5 Å². The van der Waals surface area contributed by atoms with E-state index in [0.717, 1.165) is 11.3 Å². The number of hydrogen-bond acceptors (Lipinski definition) is 3. The fraction of sp³-hybridized carbons (Fsp3) is 0.526. The Hall–Kier alpha value is -2.17. The van der Waals surface area contributed by atoms with Gasteiger partial charge in [0.1, 0.15) is 11.4 Å². The third-order valence-corrected chi connectivity index (χ3v) is 3.46. The molecule has 1 amide bonds. The van der Waals surface area contributed by atoms with Gasteiger partial charge in [0, 0.05) is 23.9 Å². The summed E-state index contributed by atoms with van der Waals surface area (Å²) in [6, 6.07) is 5.98. The molecule has 2 rings (SSSR count). The number of nitrogens with one attached hydrogen (secondary N) is 1. The van der Waals surface area contributed by atoms with Crippen LogP contribution in [0.3, 0.4) is 0 Å². The Balaban J connectivity index is 2.11. The van der Waals surface area contributed by atoms with Crippen LogP contribution >= 0.6 is 0 Å². The van der Waals surface area contributed by atoms with Crippen LogP contribution in [0.1, 0.15) is 58.6 Å². The Morgan fingerprint density at radius 3 is 2.50 bits per heavy atom. The van der Waals surface area contributed by atoms with E-state index < -0.39 is 11.7 Å². The molecule has 0 spiro atoms. The third kappa shape index (κ3) is 5.18. The van der Waals surface area contributed by atoms with Crippen molar-refractivity contribution >= 4 is 6.09 Å². The van der Waals surface area contributed by atoms with Crippen LogP contribution < -0.4 is 5.32 Å². The van der Waals surface area contributed by atoms with Crippen LogP contribution in [0.15, 0.2) is 35.1 Å². The van der Waals surface area contributed by atoms with Gasteiger partial charge in [0.05, 0.1) is 12.8 Å². The summed E-state index contributed by atoms with van der Waals surface area (Å²) in [6.07, 6.45) is 3.33. The number of furan rings is 1. The Labute approximate surface area is 144 Å². The van der Waals surface area contributed by atoms with E-state index in [9.17, 15) is 4.79 Å². The highest BCUT2D eigenvalue weighted by Crippen LogP contribution is 2.25. The maximum atomic E-state index is 11.8. The largest absolute Gasteiger partial charge is 0.467 e. The van der Waals surface area contributed by atoms with E-state index in [0.29, 0.717) is 13.1 Å². The van der Waals surface area contributed by atoms with E-state index >= 15 is 0 Å². The topological polar surface area (TPSA) is 56.4 Å². The molecule has 0 fully saturated rings. The van der Waals surface area contributed by atoms with Gasteiger partial charge >= 0.3 is 6.09 Å². The highest BCUT2D eigenvalue weighted by atomic mass is 16.6. The molecule has 0 aliphatic rings. The van der Waals surface area contributed by atoms with E-state index in [2.05, 4.69) is 42.9 Å². The molecule has 0 saturated heterocycles. The van der Waals surface area contributed by atoms with Crippen molar-refractivity contribution in [2.24, 2.45) is 0 Å². The molecule has 132 valence electrons. The minimum Gasteiger partial charge on any atom is -0.467 e. The van der Waals surface area contributed by atoms with E-state index in [1.54, 1.807) is 6.26 Å². The van der Waals surface area contributed by atoms with Crippen LogP contribution in [0.2, 0.25) is 0 Å². The predicted molar refractivity (Wildman–Crippen MR) is 94.0 cm³/mol. The first-order valence-electron chi connectivity index (χ1n) is 8.23. The number of amides is 1. The fourth-order valence-corrected chi connectivity index (χ4v) is 2.50. The maximum absolute atomic E-state index is 11.8. The highest BCUT2D eigenvalue weighted by molar-refractivity contribution is 5.67. The van der Waals surface area contributed by atoms with Crippen molar-refractivity contribution in [2.45, 2.75) is 65.6 Å². The molecule has 0 unspecified atom stereocenters. The first-order chi connectivity index (χ1) is 11.0. The van der Waals surface area contributed by atoms with Gasteiger partial charge in [0.2, 0.25) is 0 Å². The number of ether oxygens (including phenoxy) is 1. The van der Waals surface area contributed by atoms with Gasteiger partial charge in [-0.15, -0.1) is 0 Å². The SMILES string of the molecule is CC(C)(C)OC(=O)NCc1cc(C(C)(C)C)n(Cc2ccco2)c1. The zero-order valence-electron chi connectivity index (χ0n) is 15.5. The predicted octanol–water partition coefficient (Wildman–Crippen LogP) is 4.45. The Bertz CT molecular complexity index is 671. The smallest absolute Gasteiger partial charge is 0.407 e. The molecule has 0 bridgehead atoms. The quantitative estimate of drug-likeness (QED) is 0.900. The van der Waals surface area contributed by atoms with Gasteiger partial charge in [-0.1, -0.05) is 20.8 Å². The second-order valence-electron chi connectivity index (χ2n) is 8.05. The molecule has 24 heavy (non-hydrogen) atoms. The van der Waals surface area contributed by atoms with E-state index in [1.807, 2.05) is 32.9 Å². The van der Waals surface area contributed by atoms with Crippen molar-refractivity contribution in [3.8, 4) is 0 Å². The molecular weight excluding hydrogens is 304 g/mol. The van der Waals surface area contributed by atoms with Crippen molar-refractivity contribution in [1.29, 1.82) is 0 Å². The molecule has 2 heterocycles. The Morgan fingerprint density at radius 1 is 1.25 bits per heavy atom. The van der Waals surface area contributed by atoms with E-state index in [4.69, 9.17) is 9.15 Å². The van der Waals surface area contributed by atoms with E-state index in [1.165, 1.54) is 5.69 Å². The van der Waals surface area contributed by atoms with Crippen LogP contribution in [0.4, 0.5) is 4.79 Å². The first-order valence-corrected chi connectivity index (χ1v) is 8.23. The summed E-state index contributed by atoms with van der Waals surface area (Å²) in [5.41, 5.74) is 1.74. The lowest BCUT2D eigenvalue weighted by Crippen LogP contribution is -2.32. The lowest BCUT2D eigenvalue weighted by atomic mass is 9.92. The first kappa shape index (κ1) is 18.2. The lowest BCUT2D eigenvalue weighted by molar-refractivity contribution is 0.0523. The number of hydrogen-bond donors (Lipinski definition) is 1. The monoisotopic (exact) mass is 332 g/mol. The number of alkyl carbamates (subject to hydrolysis) is 1. The lowest BCUT2D eigenvalue weighted by Gasteiger charge is -2.21. The average Bonchev–Trinajstić information content (AvgIpc) is 3.03. The van der Waals surface area contributed by atoms with Crippen LogP contribution in [0.25, 0.3) is 0 Å². The van der Waals surface area contributed by atoms with Crippen molar-refractivity contribution < 1.29 is 13.9 Å². The van der Waals surface area contributed by atoms with Crippen LogP contribution in [-0.2, 0) is 23.2 Å². The minimum absolute atomic E-state index is 0.00321. The summed E-state index contributed by atoms with van der Waals surface area (Å²) in [5, 5.41) is 2.81. The number of carbonyl (C=O) groups is 1. The third-order valence-electron chi connectivity index (χ3n) is 3.46. The molecule has 2 aromatic rings. The molecule has 0 radical (unpaired) electrons. The number of aromatic nitrogens is 1. The zero-order chi connectivity index (χ0) is 18.0. The van der Waals surface area contributed by atoms with Gasteiger partial charge in [-0.25, -0.2) is 4.79 Å². The molecular formula is C19H28N2O3. The molecule has 0 saturated carbocycles. The summed E-state index contributed by atoms with van der Waals surface area (Å²) in [5.74, 6) is 0.905. The summed E-state index contributed by atoms with van der Waals surface area (Å²) < 4.78 is 12.9. The van der Waals surface area contributed by atoms with E-state index in [-0.39, 0.29) is 5.41 Å². The zero-order valence-corrected chi connectivity index (χ0v) is 15.5. The summed E-state index contributed by atoms with van der Waals surface area (Å²) in [6.45, 7) is 13.2. The second kappa shape index (κ2) is 6.75. The molecule has 1 N–H and O–H groups in total. The Morgan fingerprint density at radius 2 is 1.96 bits per heavy atom. The molecule has 5 nitrogen and oxygen atoms in total. The highest BCUT2D eigenvalue weighted by Gasteiger charge is 2.21. The van der Waals surface area contributed by atoms with Gasteiger partial charge in [0.25, 0.3) is 0 Å². The van der Waals surface area contributed by atoms with Gasteiger partial charge in [-0.2, -0.15) is 0 Å². The van der Waals surface area contributed by atoms with Gasteiger partial charge < -0.3 is 19.0 Å². The summed E-state index contributed by atoms with van der Waals surface area (Å²) in [4.78, 5) is 11.8. The van der Waals surface area contributed by atoms with Crippen molar-refractivity contribution in [1.82, 2.24) is 9.88 Å². The van der Waals surface area contributed by atoms with Crippen molar-refractivity contribution in [3.05, 3.63) is 47.7 Å². The molecule has 0 aliphatic heterocycles. The molecule has 0 aliphatic carbocycles. The second-order valence-corrected chi connectivity index (χ2v) is 8.05. The number of nitrogens with zero attached hydrogens (tertiary/aromatic N) is 1. The van der Waals surface area contributed by atoms with Crippen LogP contribution in [0, 0.1) is 0 Å². The minimum atomic E-state index is -0.494. The maximum Gasteiger partial charge on any atom is 0.407 e. The molecule has 2 aromatic heterocycles. The molecule has 0 aromatic carbocycles. The van der Waals surface area contributed by atoms with Gasteiger partial charge in [-0.3, -0.25) is 0 Å². The summed E-state index contributed by atoms with van der Waals surface area (Å²) >= 11 is 0. The van der Waals surface area contributed by atoms with Crippen LogP contribution in [0.5, 0.6) is 0 Å². The standard InChI is InChI=1S/C19H28N2O3/c1-18(2,3)16-10-14(11-20-17(22)24-19(4,5)6)12-21(16)13-15-8-7-9-23-15/h7-10,12H,11,13H2,1-6H3,(H,20,22). The average molecular weight is 332 g/mol. The van der Waals surface area contributed by atoms with Crippen molar-refractivity contribution in [2.75, 3.05) is 0 Å². The summed E-state index contributed by atoms with van der Waals surface area (Å²) in [7, 11) is 0. The van der Waals surface area contributed by atoms with Crippen LogP contribution in [-0.4, -0.2) is 16.3 Å². The van der Waals surface area contributed by atoms with Crippen molar-refractivity contribution in [3.63, 3.8) is 0 Å². The molecule has 5 heteroatoms.